The smallest absolute Gasteiger partial charge is 0.341 e. The highest BCUT2D eigenvalue weighted by atomic mass is 16.4. The molecule has 84 valence electrons. The Morgan fingerprint density at radius 1 is 1.53 bits per heavy atom. The van der Waals surface area contributed by atoms with E-state index in [0.717, 1.165) is 0 Å². The Labute approximate surface area is 96.5 Å². The average Bonchev–Trinajstić information content (AvgIpc) is 2.71. The molecule has 0 atom stereocenters. The Kier molecular flexibility index (Phi) is 2.51. The lowest BCUT2D eigenvalue weighted by Crippen LogP contribution is -2.05. The quantitative estimate of drug-likeness (QED) is 0.798. The van der Waals surface area contributed by atoms with E-state index in [1.54, 1.807) is 24.3 Å². The molecule has 1 aromatic heterocycles. The van der Waals surface area contributed by atoms with E-state index in [9.17, 15) is 4.79 Å². The first kappa shape index (κ1) is 10.7. The molecule has 6 nitrogen and oxygen atoms in total. The summed E-state index contributed by atoms with van der Waals surface area (Å²) in [6.45, 7) is 0. The summed E-state index contributed by atoms with van der Waals surface area (Å²) in [4.78, 5) is 10.8. The van der Waals surface area contributed by atoms with E-state index in [1.807, 2.05) is 6.07 Å². The topological polar surface area (TPSA) is 105 Å². The zero-order valence-corrected chi connectivity index (χ0v) is 8.66. The van der Waals surface area contributed by atoms with Crippen LogP contribution in [0.5, 0.6) is 0 Å². The van der Waals surface area contributed by atoms with E-state index >= 15 is 0 Å². The SMILES string of the molecule is N#Cc1cccc(-n2ncc(C(=O)O)c2N)c1. The van der Waals surface area contributed by atoms with Gasteiger partial charge in [-0.25, -0.2) is 9.48 Å². The molecule has 0 saturated heterocycles. The maximum Gasteiger partial charge on any atom is 0.341 e. The first-order valence-corrected chi connectivity index (χ1v) is 4.71. The molecule has 1 aromatic carbocycles. The van der Waals surface area contributed by atoms with Gasteiger partial charge in [0.05, 0.1) is 23.5 Å². The number of hydrogen-bond acceptors (Lipinski definition) is 4. The van der Waals surface area contributed by atoms with Gasteiger partial charge in [0.15, 0.2) is 0 Å². The number of rotatable bonds is 2. The van der Waals surface area contributed by atoms with Gasteiger partial charge in [0.25, 0.3) is 0 Å². The summed E-state index contributed by atoms with van der Waals surface area (Å²) in [6.07, 6.45) is 1.18. The predicted molar refractivity (Wildman–Crippen MR) is 59.7 cm³/mol. The Hall–Kier alpha value is -2.81. The molecule has 0 spiro atoms. The zero-order chi connectivity index (χ0) is 12.4. The molecule has 2 aromatic rings. The number of aromatic carboxylic acids is 1. The fourth-order valence-electron chi connectivity index (χ4n) is 1.44. The van der Waals surface area contributed by atoms with Gasteiger partial charge in [0.2, 0.25) is 0 Å². The van der Waals surface area contributed by atoms with Gasteiger partial charge in [-0.1, -0.05) is 6.07 Å². The molecule has 0 saturated carbocycles. The zero-order valence-electron chi connectivity index (χ0n) is 8.66. The first-order chi connectivity index (χ1) is 8.13. The standard InChI is InChI=1S/C11H8N4O2/c12-5-7-2-1-3-8(4-7)15-10(13)9(6-14-15)11(16)17/h1-4,6H,13H2,(H,16,17). The van der Waals surface area contributed by atoms with Gasteiger partial charge in [-0.2, -0.15) is 10.4 Å². The molecule has 0 aliphatic heterocycles. The van der Waals surface area contributed by atoms with E-state index in [4.69, 9.17) is 16.1 Å². The van der Waals surface area contributed by atoms with Gasteiger partial charge >= 0.3 is 5.97 Å². The Bertz CT molecular complexity index is 625. The monoisotopic (exact) mass is 228 g/mol. The second-order valence-corrected chi connectivity index (χ2v) is 3.32. The van der Waals surface area contributed by atoms with Gasteiger partial charge in [0, 0.05) is 0 Å². The summed E-state index contributed by atoms with van der Waals surface area (Å²) in [5.74, 6) is -1.10. The van der Waals surface area contributed by atoms with Crippen LogP contribution >= 0.6 is 0 Å². The van der Waals surface area contributed by atoms with Crippen molar-refractivity contribution in [2.24, 2.45) is 0 Å². The highest BCUT2D eigenvalue weighted by Crippen LogP contribution is 2.17. The van der Waals surface area contributed by atoms with Gasteiger partial charge in [-0.3, -0.25) is 0 Å². The number of nitriles is 1. The van der Waals surface area contributed by atoms with Crippen molar-refractivity contribution in [2.75, 3.05) is 5.73 Å². The largest absolute Gasteiger partial charge is 0.477 e. The van der Waals surface area contributed by atoms with E-state index in [-0.39, 0.29) is 11.4 Å². The fourth-order valence-corrected chi connectivity index (χ4v) is 1.44. The van der Waals surface area contributed by atoms with E-state index in [1.165, 1.54) is 10.9 Å². The summed E-state index contributed by atoms with van der Waals surface area (Å²) in [6, 6.07) is 8.57. The molecular weight excluding hydrogens is 220 g/mol. The normalized spacial score (nSPS) is 9.82. The first-order valence-electron chi connectivity index (χ1n) is 4.71. The van der Waals surface area contributed by atoms with Crippen LogP contribution in [0, 0.1) is 11.3 Å². The minimum atomic E-state index is -1.13. The second-order valence-electron chi connectivity index (χ2n) is 3.32. The fraction of sp³-hybridized carbons (Fsp3) is 0. The van der Waals surface area contributed by atoms with Crippen molar-refractivity contribution in [3.05, 3.63) is 41.6 Å². The predicted octanol–water partition coefficient (Wildman–Crippen LogP) is 1.02. The molecule has 0 amide bonds. The van der Waals surface area contributed by atoms with Crippen molar-refractivity contribution < 1.29 is 9.90 Å². The van der Waals surface area contributed by atoms with Gasteiger partial charge in [0.1, 0.15) is 11.4 Å². The lowest BCUT2D eigenvalue weighted by Gasteiger charge is -2.04. The maximum absolute atomic E-state index is 10.8. The molecule has 1 heterocycles. The number of nitrogens with zero attached hydrogens (tertiary/aromatic N) is 3. The van der Waals surface area contributed by atoms with Crippen molar-refractivity contribution >= 4 is 11.8 Å². The molecule has 2 rings (SSSR count). The summed E-state index contributed by atoms with van der Waals surface area (Å²) < 4.78 is 1.28. The number of carboxylic acids is 1. The molecule has 0 aliphatic carbocycles. The van der Waals surface area contributed by atoms with Crippen molar-refractivity contribution in [1.29, 1.82) is 5.26 Å². The van der Waals surface area contributed by atoms with Crippen molar-refractivity contribution in [2.45, 2.75) is 0 Å². The number of anilines is 1. The minimum absolute atomic E-state index is 0.0348. The van der Waals surface area contributed by atoms with Crippen LogP contribution in [0.15, 0.2) is 30.5 Å². The van der Waals surface area contributed by atoms with Crippen molar-refractivity contribution in [3.63, 3.8) is 0 Å². The van der Waals surface area contributed by atoms with Crippen LogP contribution in [0.4, 0.5) is 5.82 Å². The molecular formula is C11H8N4O2. The Morgan fingerprint density at radius 3 is 2.88 bits per heavy atom. The van der Waals surface area contributed by atoms with Crippen LogP contribution < -0.4 is 5.73 Å². The number of hydrogen-bond donors (Lipinski definition) is 2. The summed E-state index contributed by atoms with van der Waals surface area (Å²) in [7, 11) is 0. The van der Waals surface area contributed by atoms with Crippen LogP contribution in [0.25, 0.3) is 5.69 Å². The van der Waals surface area contributed by atoms with Crippen molar-refractivity contribution in [1.82, 2.24) is 9.78 Å². The molecule has 3 N–H and O–H groups in total. The van der Waals surface area contributed by atoms with Crippen LogP contribution in [-0.4, -0.2) is 20.9 Å². The number of carboxylic acid groups (broad SMARTS) is 1. The molecule has 17 heavy (non-hydrogen) atoms. The second kappa shape index (κ2) is 3.98. The van der Waals surface area contributed by atoms with Crippen molar-refractivity contribution in [3.8, 4) is 11.8 Å². The average molecular weight is 228 g/mol. The molecule has 0 aliphatic rings. The number of aromatic nitrogens is 2. The van der Waals surface area contributed by atoms with Gasteiger partial charge < -0.3 is 10.8 Å². The molecule has 0 bridgehead atoms. The van der Waals surface area contributed by atoms with E-state index in [2.05, 4.69) is 5.10 Å². The number of nitrogen functional groups attached to an aromatic ring is 1. The molecule has 0 fully saturated rings. The molecule has 0 radical (unpaired) electrons. The lowest BCUT2D eigenvalue weighted by atomic mass is 10.2. The number of benzene rings is 1. The highest BCUT2D eigenvalue weighted by molar-refractivity contribution is 5.92. The Balaban J connectivity index is 2.54. The minimum Gasteiger partial charge on any atom is -0.477 e. The summed E-state index contributed by atoms with van der Waals surface area (Å²) in [5, 5.41) is 21.5. The third kappa shape index (κ3) is 1.81. The van der Waals surface area contributed by atoms with Crippen LogP contribution in [0.2, 0.25) is 0 Å². The molecule has 6 heteroatoms. The van der Waals surface area contributed by atoms with E-state index in [0.29, 0.717) is 11.3 Å². The summed E-state index contributed by atoms with van der Waals surface area (Å²) in [5.41, 5.74) is 6.60. The van der Waals surface area contributed by atoms with Gasteiger partial charge in [-0.05, 0) is 18.2 Å². The lowest BCUT2D eigenvalue weighted by molar-refractivity contribution is 0.0698. The number of nitrogens with two attached hydrogens (primary N) is 1. The van der Waals surface area contributed by atoms with Gasteiger partial charge in [-0.15, -0.1) is 0 Å². The number of carbonyl (C=O) groups is 1. The highest BCUT2D eigenvalue weighted by Gasteiger charge is 2.14. The summed E-state index contributed by atoms with van der Waals surface area (Å²) >= 11 is 0. The Morgan fingerprint density at radius 2 is 2.29 bits per heavy atom. The van der Waals surface area contributed by atoms with Crippen LogP contribution in [0.3, 0.4) is 0 Å². The maximum atomic E-state index is 10.8. The van der Waals surface area contributed by atoms with Crippen LogP contribution in [-0.2, 0) is 0 Å². The third-order valence-corrected chi connectivity index (χ3v) is 2.26. The van der Waals surface area contributed by atoms with Crippen LogP contribution in [0.1, 0.15) is 15.9 Å². The molecule has 0 unspecified atom stereocenters. The van der Waals surface area contributed by atoms with E-state index < -0.39 is 5.97 Å². The third-order valence-electron chi connectivity index (χ3n) is 2.26.